The van der Waals surface area contributed by atoms with Gasteiger partial charge in [0, 0.05) is 13.6 Å². The van der Waals surface area contributed by atoms with Crippen LogP contribution in [-0.4, -0.2) is 26.3 Å². The topological polar surface area (TPSA) is 55.6 Å². The standard InChI is InChI=1S/C13H21N5/c1-9(13(2,3)4)6-14-11-10-7-17-18(5)12(10)16-8-15-11/h7-9H,6H2,1-5H3,(H,14,15,16). The molecule has 0 aromatic carbocycles. The molecule has 0 spiro atoms. The molecule has 2 aromatic rings. The molecule has 2 aromatic heterocycles. The third kappa shape index (κ3) is 2.44. The van der Waals surface area contributed by atoms with Gasteiger partial charge in [-0.05, 0) is 11.3 Å². The third-order valence-corrected chi connectivity index (χ3v) is 3.58. The van der Waals surface area contributed by atoms with Gasteiger partial charge < -0.3 is 5.32 Å². The summed E-state index contributed by atoms with van der Waals surface area (Å²) < 4.78 is 1.76. The van der Waals surface area contributed by atoms with E-state index in [1.165, 1.54) is 0 Å². The summed E-state index contributed by atoms with van der Waals surface area (Å²) in [5.74, 6) is 1.42. The second kappa shape index (κ2) is 4.55. The summed E-state index contributed by atoms with van der Waals surface area (Å²) >= 11 is 0. The molecule has 0 saturated heterocycles. The van der Waals surface area contributed by atoms with Crippen molar-refractivity contribution in [3.8, 4) is 0 Å². The van der Waals surface area contributed by atoms with Crippen molar-refractivity contribution in [3.05, 3.63) is 12.5 Å². The summed E-state index contributed by atoms with van der Waals surface area (Å²) in [4.78, 5) is 8.53. The molecule has 0 bridgehead atoms. The highest BCUT2D eigenvalue weighted by Crippen LogP contribution is 2.26. The van der Waals surface area contributed by atoms with Crippen molar-refractivity contribution in [1.82, 2.24) is 19.7 Å². The molecule has 0 aliphatic rings. The van der Waals surface area contributed by atoms with Gasteiger partial charge in [-0.15, -0.1) is 0 Å². The summed E-state index contributed by atoms with van der Waals surface area (Å²) in [6.45, 7) is 9.89. The molecule has 2 heterocycles. The zero-order chi connectivity index (χ0) is 13.3. The first kappa shape index (κ1) is 12.8. The molecule has 0 aliphatic heterocycles. The largest absolute Gasteiger partial charge is 0.369 e. The van der Waals surface area contributed by atoms with Gasteiger partial charge in [-0.1, -0.05) is 27.7 Å². The molecule has 1 atom stereocenters. The minimum absolute atomic E-state index is 0.286. The molecule has 5 nitrogen and oxygen atoms in total. The predicted molar refractivity (Wildman–Crippen MR) is 73.4 cm³/mol. The number of anilines is 1. The van der Waals surface area contributed by atoms with Gasteiger partial charge in [-0.2, -0.15) is 5.10 Å². The van der Waals surface area contributed by atoms with Crippen LogP contribution in [0.25, 0.3) is 11.0 Å². The SMILES string of the molecule is CC(CNc1ncnc2c1cnn2C)C(C)(C)C. The average Bonchev–Trinajstić information content (AvgIpc) is 2.67. The molecule has 0 fully saturated rings. The Morgan fingerprint density at radius 2 is 2.06 bits per heavy atom. The molecular formula is C13H21N5. The quantitative estimate of drug-likeness (QED) is 0.905. The van der Waals surface area contributed by atoms with E-state index < -0.39 is 0 Å². The molecule has 0 saturated carbocycles. The Bertz CT molecular complexity index is 538. The highest BCUT2D eigenvalue weighted by molar-refractivity contribution is 5.85. The van der Waals surface area contributed by atoms with Gasteiger partial charge in [-0.3, -0.25) is 4.68 Å². The van der Waals surface area contributed by atoms with Gasteiger partial charge in [-0.25, -0.2) is 9.97 Å². The number of aromatic nitrogens is 4. The molecule has 5 heteroatoms. The third-order valence-electron chi connectivity index (χ3n) is 3.58. The summed E-state index contributed by atoms with van der Waals surface area (Å²) in [5, 5.41) is 8.58. The predicted octanol–water partition coefficient (Wildman–Crippen LogP) is 2.46. The minimum atomic E-state index is 0.286. The molecule has 1 unspecified atom stereocenters. The van der Waals surface area contributed by atoms with E-state index in [1.54, 1.807) is 17.2 Å². The van der Waals surface area contributed by atoms with Crippen LogP contribution in [-0.2, 0) is 7.05 Å². The second-order valence-corrected chi connectivity index (χ2v) is 5.88. The lowest BCUT2D eigenvalue weighted by Gasteiger charge is -2.27. The van der Waals surface area contributed by atoms with Crippen LogP contribution in [0.3, 0.4) is 0 Å². The van der Waals surface area contributed by atoms with Crippen molar-refractivity contribution >= 4 is 16.9 Å². The van der Waals surface area contributed by atoms with E-state index in [-0.39, 0.29) is 5.41 Å². The van der Waals surface area contributed by atoms with Crippen molar-refractivity contribution < 1.29 is 0 Å². The molecule has 0 amide bonds. The van der Waals surface area contributed by atoms with E-state index in [0.717, 1.165) is 23.4 Å². The van der Waals surface area contributed by atoms with Crippen molar-refractivity contribution in [1.29, 1.82) is 0 Å². The number of fused-ring (bicyclic) bond motifs is 1. The molecule has 0 aliphatic carbocycles. The molecule has 0 radical (unpaired) electrons. The van der Waals surface area contributed by atoms with Gasteiger partial charge in [0.1, 0.15) is 12.1 Å². The van der Waals surface area contributed by atoms with Gasteiger partial charge in [0.05, 0.1) is 11.6 Å². The van der Waals surface area contributed by atoms with E-state index in [0.29, 0.717) is 5.92 Å². The van der Waals surface area contributed by atoms with E-state index in [2.05, 4.69) is 48.1 Å². The van der Waals surface area contributed by atoms with E-state index in [1.807, 2.05) is 7.05 Å². The van der Waals surface area contributed by atoms with Crippen LogP contribution in [0.4, 0.5) is 5.82 Å². The van der Waals surface area contributed by atoms with Crippen LogP contribution >= 0.6 is 0 Å². The van der Waals surface area contributed by atoms with Crippen molar-refractivity contribution in [2.75, 3.05) is 11.9 Å². The number of hydrogen-bond donors (Lipinski definition) is 1. The Labute approximate surface area is 108 Å². The lowest BCUT2D eigenvalue weighted by Crippen LogP contribution is -2.25. The first-order valence-corrected chi connectivity index (χ1v) is 6.26. The number of nitrogens with zero attached hydrogens (tertiary/aromatic N) is 4. The van der Waals surface area contributed by atoms with Gasteiger partial charge in [0.2, 0.25) is 0 Å². The highest BCUT2D eigenvalue weighted by atomic mass is 15.3. The van der Waals surface area contributed by atoms with Crippen LogP contribution in [0.2, 0.25) is 0 Å². The fraction of sp³-hybridized carbons (Fsp3) is 0.615. The van der Waals surface area contributed by atoms with E-state index in [9.17, 15) is 0 Å². The zero-order valence-electron chi connectivity index (χ0n) is 11.7. The van der Waals surface area contributed by atoms with Gasteiger partial charge in [0.15, 0.2) is 5.65 Å². The molecule has 1 N–H and O–H groups in total. The van der Waals surface area contributed by atoms with Gasteiger partial charge in [0.25, 0.3) is 0 Å². The van der Waals surface area contributed by atoms with Crippen LogP contribution in [0.15, 0.2) is 12.5 Å². The Morgan fingerprint density at radius 3 is 2.72 bits per heavy atom. The number of nitrogens with one attached hydrogen (secondary N) is 1. The van der Waals surface area contributed by atoms with Crippen LogP contribution in [0.1, 0.15) is 27.7 Å². The maximum absolute atomic E-state index is 4.30. The summed E-state index contributed by atoms with van der Waals surface area (Å²) in [5.41, 5.74) is 1.14. The van der Waals surface area contributed by atoms with Crippen LogP contribution in [0, 0.1) is 11.3 Å². The second-order valence-electron chi connectivity index (χ2n) is 5.88. The Kier molecular flexibility index (Phi) is 3.24. The molecule has 98 valence electrons. The van der Waals surface area contributed by atoms with Crippen molar-refractivity contribution in [3.63, 3.8) is 0 Å². The molecular weight excluding hydrogens is 226 g/mol. The lowest BCUT2D eigenvalue weighted by atomic mass is 9.82. The fourth-order valence-corrected chi connectivity index (χ4v) is 1.66. The highest BCUT2D eigenvalue weighted by Gasteiger charge is 2.20. The van der Waals surface area contributed by atoms with Crippen LogP contribution in [0.5, 0.6) is 0 Å². The fourth-order valence-electron chi connectivity index (χ4n) is 1.66. The summed E-state index contributed by atoms with van der Waals surface area (Å²) in [6, 6.07) is 0. The number of aryl methyl sites for hydroxylation is 1. The maximum atomic E-state index is 4.30. The van der Waals surface area contributed by atoms with Crippen molar-refractivity contribution in [2.45, 2.75) is 27.7 Å². The zero-order valence-corrected chi connectivity index (χ0v) is 11.7. The Hall–Kier alpha value is -1.65. The molecule has 18 heavy (non-hydrogen) atoms. The Balaban J connectivity index is 2.18. The van der Waals surface area contributed by atoms with Gasteiger partial charge >= 0.3 is 0 Å². The smallest absolute Gasteiger partial charge is 0.163 e. The lowest BCUT2D eigenvalue weighted by molar-refractivity contribution is 0.274. The van der Waals surface area contributed by atoms with Crippen molar-refractivity contribution in [2.24, 2.45) is 18.4 Å². The summed E-state index contributed by atoms with van der Waals surface area (Å²) in [6.07, 6.45) is 3.38. The van der Waals surface area contributed by atoms with Crippen LogP contribution < -0.4 is 5.32 Å². The summed E-state index contributed by atoms with van der Waals surface area (Å²) in [7, 11) is 1.89. The maximum Gasteiger partial charge on any atom is 0.163 e. The first-order chi connectivity index (χ1) is 8.39. The number of rotatable bonds is 3. The minimum Gasteiger partial charge on any atom is -0.369 e. The molecule has 2 rings (SSSR count). The van der Waals surface area contributed by atoms with E-state index in [4.69, 9.17) is 0 Å². The Morgan fingerprint density at radius 1 is 1.33 bits per heavy atom. The monoisotopic (exact) mass is 247 g/mol. The van der Waals surface area contributed by atoms with E-state index >= 15 is 0 Å². The average molecular weight is 247 g/mol. The normalized spacial score (nSPS) is 13.8. The number of hydrogen-bond acceptors (Lipinski definition) is 4. The first-order valence-electron chi connectivity index (χ1n) is 6.26.